The maximum atomic E-state index is 11.9. The van der Waals surface area contributed by atoms with E-state index in [-0.39, 0.29) is 17.9 Å². The number of anilines is 1. The fourth-order valence-electron chi connectivity index (χ4n) is 1.92. The van der Waals surface area contributed by atoms with Gasteiger partial charge in [-0.1, -0.05) is 39.0 Å². The summed E-state index contributed by atoms with van der Waals surface area (Å²) in [4.78, 5) is 17.0. The summed E-state index contributed by atoms with van der Waals surface area (Å²) in [7, 11) is 0. The molecule has 0 fully saturated rings. The predicted octanol–water partition coefficient (Wildman–Crippen LogP) is 3.77. The second-order valence-corrected chi connectivity index (χ2v) is 7.09. The molecule has 1 N–H and O–H groups in total. The van der Waals surface area contributed by atoms with Crippen molar-refractivity contribution in [3.63, 3.8) is 0 Å². The first-order valence-electron chi connectivity index (χ1n) is 6.81. The SMILES string of the molecule is Cc1cnc(NC(=O)COc2ccccc2C(C)(C)C)s1. The van der Waals surface area contributed by atoms with Crippen molar-refractivity contribution in [3.8, 4) is 5.75 Å². The van der Waals surface area contributed by atoms with Crippen LogP contribution in [0, 0.1) is 6.92 Å². The van der Waals surface area contributed by atoms with Crippen molar-refractivity contribution >= 4 is 22.4 Å². The van der Waals surface area contributed by atoms with Crippen molar-refractivity contribution in [3.05, 3.63) is 40.9 Å². The van der Waals surface area contributed by atoms with Crippen LogP contribution in [0.1, 0.15) is 31.2 Å². The molecule has 1 amide bonds. The second kappa shape index (κ2) is 6.26. The van der Waals surface area contributed by atoms with Crippen LogP contribution >= 0.6 is 11.3 Å². The highest BCUT2D eigenvalue weighted by atomic mass is 32.1. The quantitative estimate of drug-likeness (QED) is 0.935. The summed E-state index contributed by atoms with van der Waals surface area (Å²) in [5.41, 5.74) is 1.06. The number of amides is 1. The number of carbonyl (C=O) groups excluding carboxylic acids is 1. The van der Waals surface area contributed by atoms with Gasteiger partial charge in [-0.2, -0.15) is 0 Å². The number of ether oxygens (including phenoxy) is 1. The second-order valence-electron chi connectivity index (χ2n) is 5.86. The van der Waals surface area contributed by atoms with Crippen molar-refractivity contribution in [2.45, 2.75) is 33.1 Å². The number of rotatable bonds is 4. The predicted molar refractivity (Wildman–Crippen MR) is 86.1 cm³/mol. The molecule has 5 heteroatoms. The van der Waals surface area contributed by atoms with Crippen LogP contribution < -0.4 is 10.1 Å². The zero-order valence-electron chi connectivity index (χ0n) is 12.8. The maximum Gasteiger partial charge on any atom is 0.264 e. The van der Waals surface area contributed by atoms with Crippen LogP contribution in [0.25, 0.3) is 0 Å². The van der Waals surface area contributed by atoms with E-state index in [4.69, 9.17) is 4.74 Å². The summed E-state index contributed by atoms with van der Waals surface area (Å²) in [6, 6.07) is 7.80. The molecule has 0 radical (unpaired) electrons. The number of nitrogens with one attached hydrogen (secondary N) is 1. The Labute approximate surface area is 129 Å². The van der Waals surface area contributed by atoms with E-state index >= 15 is 0 Å². The van der Waals surface area contributed by atoms with Crippen LogP contribution in [0.15, 0.2) is 30.5 Å². The van der Waals surface area contributed by atoms with E-state index in [2.05, 4.69) is 31.1 Å². The molecule has 0 spiro atoms. The Morgan fingerprint density at radius 1 is 1.33 bits per heavy atom. The maximum absolute atomic E-state index is 11.9. The molecule has 0 unspecified atom stereocenters. The lowest BCUT2D eigenvalue weighted by Crippen LogP contribution is -2.21. The zero-order valence-corrected chi connectivity index (χ0v) is 13.6. The fraction of sp³-hybridized carbons (Fsp3) is 0.375. The molecular formula is C16H20N2O2S. The number of thiazole rings is 1. The Morgan fingerprint density at radius 2 is 2.05 bits per heavy atom. The van der Waals surface area contributed by atoms with Gasteiger partial charge in [0.1, 0.15) is 5.75 Å². The monoisotopic (exact) mass is 304 g/mol. The van der Waals surface area contributed by atoms with Crippen molar-refractivity contribution in [1.29, 1.82) is 0 Å². The molecule has 0 aliphatic heterocycles. The van der Waals surface area contributed by atoms with E-state index in [9.17, 15) is 4.79 Å². The summed E-state index contributed by atoms with van der Waals surface area (Å²) in [6.07, 6.45) is 1.73. The van der Waals surface area contributed by atoms with Gasteiger partial charge >= 0.3 is 0 Å². The van der Waals surface area contributed by atoms with Crippen LogP contribution in [0.4, 0.5) is 5.13 Å². The Kier molecular flexibility index (Phi) is 4.63. The highest BCUT2D eigenvalue weighted by Gasteiger charge is 2.19. The van der Waals surface area contributed by atoms with Crippen molar-refractivity contribution in [2.75, 3.05) is 11.9 Å². The van der Waals surface area contributed by atoms with Crippen LogP contribution in [-0.4, -0.2) is 17.5 Å². The van der Waals surface area contributed by atoms with E-state index in [1.807, 2.05) is 31.2 Å². The highest BCUT2D eigenvalue weighted by molar-refractivity contribution is 7.15. The van der Waals surface area contributed by atoms with E-state index in [0.29, 0.717) is 5.13 Å². The lowest BCUT2D eigenvalue weighted by atomic mass is 9.86. The highest BCUT2D eigenvalue weighted by Crippen LogP contribution is 2.30. The Bertz CT molecular complexity index is 629. The lowest BCUT2D eigenvalue weighted by molar-refractivity contribution is -0.118. The summed E-state index contributed by atoms with van der Waals surface area (Å²) < 4.78 is 5.67. The van der Waals surface area contributed by atoms with Gasteiger partial charge in [0.2, 0.25) is 0 Å². The minimum atomic E-state index is -0.201. The van der Waals surface area contributed by atoms with Gasteiger partial charge in [-0.05, 0) is 24.0 Å². The smallest absolute Gasteiger partial charge is 0.264 e. The van der Waals surface area contributed by atoms with Gasteiger partial charge in [0.05, 0.1) is 0 Å². The molecular weight excluding hydrogens is 284 g/mol. The standard InChI is InChI=1S/C16H20N2O2S/c1-11-9-17-15(21-11)18-14(19)10-20-13-8-6-5-7-12(13)16(2,3)4/h5-9H,10H2,1-4H3,(H,17,18,19). The average Bonchev–Trinajstić information content (AvgIpc) is 2.81. The minimum absolute atomic E-state index is 0.0221. The minimum Gasteiger partial charge on any atom is -0.483 e. The Balaban J connectivity index is 1.98. The zero-order chi connectivity index (χ0) is 15.5. The van der Waals surface area contributed by atoms with E-state index in [1.54, 1.807) is 6.20 Å². The van der Waals surface area contributed by atoms with Gasteiger partial charge in [0, 0.05) is 11.1 Å². The number of benzene rings is 1. The fourth-order valence-corrected chi connectivity index (χ4v) is 2.60. The number of aryl methyl sites for hydroxylation is 1. The summed E-state index contributed by atoms with van der Waals surface area (Å²) in [6.45, 7) is 8.28. The summed E-state index contributed by atoms with van der Waals surface area (Å²) in [5.74, 6) is 0.545. The number of hydrogen-bond donors (Lipinski definition) is 1. The number of para-hydroxylation sites is 1. The third-order valence-corrected chi connectivity index (χ3v) is 3.75. The van der Waals surface area contributed by atoms with Gasteiger partial charge in [-0.25, -0.2) is 4.98 Å². The van der Waals surface area contributed by atoms with Gasteiger partial charge in [0.15, 0.2) is 11.7 Å². The number of nitrogens with zero attached hydrogens (tertiary/aromatic N) is 1. The van der Waals surface area contributed by atoms with Gasteiger partial charge < -0.3 is 4.74 Å². The van der Waals surface area contributed by atoms with Crippen LogP contribution in [0.3, 0.4) is 0 Å². The molecule has 0 saturated carbocycles. The molecule has 4 nitrogen and oxygen atoms in total. The molecule has 2 aromatic rings. The van der Waals surface area contributed by atoms with Crippen molar-refractivity contribution in [1.82, 2.24) is 4.98 Å². The molecule has 1 aromatic heterocycles. The molecule has 0 saturated heterocycles. The van der Waals surface area contributed by atoms with Gasteiger partial charge in [0.25, 0.3) is 5.91 Å². The summed E-state index contributed by atoms with van der Waals surface area (Å²) in [5, 5.41) is 3.34. The van der Waals surface area contributed by atoms with Crippen LogP contribution in [0.5, 0.6) is 5.75 Å². The molecule has 1 aromatic carbocycles. The molecule has 0 bridgehead atoms. The van der Waals surface area contributed by atoms with E-state index in [0.717, 1.165) is 16.2 Å². The third-order valence-electron chi connectivity index (χ3n) is 2.92. The normalized spacial score (nSPS) is 11.2. The molecule has 0 atom stereocenters. The molecule has 0 aliphatic rings. The molecule has 0 aliphatic carbocycles. The van der Waals surface area contributed by atoms with Crippen molar-refractivity contribution < 1.29 is 9.53 Å². The number of hydrogen-bond acceptors (Lipinski definition) is 4. The molecule has 112 valence electrons. The number of carbonyl (C=O) groups is 1. The van der Waals surface area contributed by atoms with Crippen LogP contribution in [0.2, 0.25) is 0 Å². The molecule has 2 rings (SSSR count). The first-order chi connectivity index (χ1) is 9.86. The van der Waals surface area contributed by atoms with Crippen LogP contribution in [-0.2, 0) is 10.2 Å². The number of aromatic nitrogens is 1. The average molecular weight is 304 g/mol. The Hall–Kier alpha value is -1.88. The summed E-state index contributed by atoms with van der Waals surface area (Å²) >= 11 is 1.45. The topological polar surface area (TPSA) is 51.2 Å². The first kappa shape index (κ1) is 15.5. The first-order valence-corrected chi connectivity index (χ1v) is 7.62. The van der Waals surface area contributed by atoms with E-state index < -0.39 is 0 Å². The molecule has 21 heavy (non-hydrogen) atoms. The van der Waals surface area contributed by atoms with Gasteiger partial charge in [-0.3, -0.25) is 10.1 Å². The van der Waals surface area contributed by atoms with Gasteiger partial charge in [-0.15, -0.1) is 11.3 Å². The lowest BCUT2D eigenvalue weighted by Gasteiger charge is -2.22. The Morgan fingerprint density at radius 3 is 2.67 bits per heavy atom. The third kappa shape index (κ3) is 4.29. The van der Waals surface area contributed by atoms with Crippen molar-refractivity contribution in [2.24, 2.45) is 0 Å². The largest absolute Gasteiger partial charge is 0.483 e. The van der Waals surface area contributed by atoms with E-state index in [1.165, 1.54) is 11.3 Å². The molecule has 1 heterocycles.